The van der Waals surface area contributed by atoms with Crippen LogP contribution in [0.4, 0.5) is 8.78 Å². The van der Waals surface area contributed by atoms with Crippen molar-refractivity contribution in [3.63, 3.8) is 0 Å². The van der Waals surface area contributed by atoms with E-state index in [9.17, 15) is 4.39 Å². The molecule has 1 aliphatic rings. The molecule has 0 unspecified atom stereocenters. The largest absolute Gasteiger partial charge is 0.321 e. The summed E-state index contributed by atoms with van der Waals surface area (Å²) in [6.45, 7) is 2.93. The van der Waals surface area contributed by atoms with Gasteiger partial charge in [0.15, 0.2) is 17.1 Å². The van der Waals surface area contributed by atoms with E-state index in [1.54, 1.807) is 24.5 Å². The number of H-pyrrole nitrogens is 2. The molecule has 8 nitrogen and oxygen atoms in total. The first-order valence-corrected chi connectivity index (χ1v) is 12.9. The van der Waals surface area contributed by atoms with Crippen molar-refractivity contribution < 1.29 is 8.78 Å². The molecule has 0 bridgehead atoms. The van der Waals surface area contributed by atoms with Gasteiger partial charge in [-0.15, -0.1) is 0 Å². The van der Waals surface area contributed by atoms with Gasteiger partial charge in [-0.1, -0.05) is 18.6 Å². The highest BCUT2D eigenvalue weighted by Gasteiger charge is 2.22. The number of aromatic amines is 2. The maximum Gasteiger partial charge on any atom is 0.161 e. The summed E-state index contributed by atoms with van der Waals surface area (Å²) >= 11 is 0. The summed E-state index contributed by atoms with van der Waals surface area (Å²) < 4.78 is 29.6. The van der Waals surface area contributed by atoms with Gasteiger partial charge in [-0.3, -0.25) is 15.0 Å². The molecule has 5 aromatic heterocycles. The Labute approximate surface area is 222 Å². The molecule has 10 heteroatoms. The van der Waals surface area contributed by atoms with Crippen LogP contribution >= 0.6 is 0 Å². The van der Waals surface area contributed by atoms with E-state index in [0.29, 0.717) is 39.5 Å². The van der Waals surface area contributed by atoms with Crippen molar-refractivity contribution in [2.75, 3.05) is 13.1 Å². The lowest BCUT2D eigenvalue weighted by Gasteiger charge is -2.26. The van der Waals surface area contributed by atoms with Gasteiger partial charge in [-0.25, -0.2) is 23.7 Å². The van der Waals surface area contributed by atoms with Crippen LogP contribution in [0.25, 0.3) is 56.0 Å². The van der Waals surface area contributed by atoms with E-state index in [2.05, 4.69) is 35.0 Å². The Morgan fingerprint density at radius 1 is 0.846 bits per heavy atom. The van der Waals surface area contributed by atoms with Crippen molar-refractivity contribution in [3.05, 3.63) is 78.4 Å². The Balaban J connectivity index is 1.29. The number of piperidine rings is 1. The number of rotatable bonds is 5. The van der Waals surface area contributed by atoms with Gasteiger partial charge < -0.3 is 4.98 Å². The number of halogens is 2. The Hall–Kier alpha value is -4.57. The third kappa shape index (κ3) is 4.32. The summed E-state index contributed by atoms with van der Waals surface area (Å²) in [6, 6.07) is 9.96. The highest BCUT2D eigenvalue weighted by atomic mass is 19.1. The lowest BCUT2D eigenvalue weighted by molar-refractivity contribution is 0.220. The molecule has 0 spiro atoms. The normalized spacial score (nSPS) is 14.4. The lowest BCUT2D eigenvalue weighted by Crippen LogP contribution is -2.29. The third-order valence-electron chi connectivity index (χ3n) is 7.25. The quantitative estimate of drug-likeness (QED) is 0.293. The van der Waals surface area contributed by atoms with Crippen LogP contribution in [-0.4, -0.2) is 53.1 Å². The van der Waals surface area contributed by atoms with Crippen molar-refractivity contribution >= 4 is 22.2 Å². The van der Waals surface area contributed by atoms with Crippen LogP contribution in [0.1, 0.15) is 24.8 Å². The van der Waals surface area contributed by atoms with Crippen molar-refractivity contribution in [2.45, 2.75) is 25.8 Å². The molecule has 6 aromatic rings. The zero-order chi connectivity index (χ0) is 26.3. The summed E-state index contributed by atoms with van der Waals surface area (Å²) in [4.78, 5) is 23.5. The van der Waals surface area contributed by atoms with Crippen LogP contribution in [0.15, 0.2) is 61.2 Å². The molecule has 1 aromatic carbocycles. The standard InChI is InChI=1S/C29H24F2N8/c30-20-6-4-18(5-7-20)21-8-9-33-28-25(21)35-29(36-28)26-23-24(31)22(15-34-27(23)38-37-26)19-12-17(13-32-14-19)16-39-10-2-1-3-11-39/h4-9,12-15H,1-3,10-11,16H2,(H,33,35,36)(H,34,37,38). The fourth-order valence-electron chi connectivity index (χ4n) is 5.31. The van der Waals surface area contributed by atoms with Crippen molar-refractivity contribution in [1.82, 2.24) is 40.0 Å². The predicted octanol–water partition coefficient (Wildman–Crippen LogP) is 5.89. The molecule has 6 heterocycles. The Morgan fingerprint density at radius 2 is 1.69 bits per heavy atom. The maximum atomic E-state index is 16.1. The molecule has 194 valence electrons. The summed E-state index contributed by atoms with van der Waals surface area (Å²) in [5, 5.41) is 7.40. The summed E-state index contributed by atoms with van der Waals surface area (Å²) in [5.41, 5.74) is 5.33. The number of benzene rings is 1. The Morgan fingerprint density at radius 3 is 2.54 bits per heavy atom. The first-order valence-electron chi connectivity index (χ1n) is 12.9. The molecular formula is C29H24F2N8. The number of likely N-dealkylation sites (tertiary alicyclic amines) is 1. The van der Waals surface area contributed by atoms with Crippen LogP contribution in [0, 0.1) is 11.6 Å². The van der Waals surface area contributed by atoms with E-state index >= 15 is 4.39 Å². The van der Waals surface area contributed by atoms with Gasteiger partial charge in [0.1, 0.15) is 22.8 Å². The molecule has 39 heavy (non-hydrogen) atoms. The minimum atomic E-state index is -0.451. The third-order valence-corrected chi connectivity index (χ3v) is 7.25. The van der Waals surface area contributed by atoms with Gasteiger partial charge in [-0.2, -0.15) is 5.10 Å². The molecule has 0 amide bonds. The van der Waals surface area contributed by atoms with E-state index in [4.69, 9.17) is 4.98 Å². The molecule has 0 atom stereocenters. The van der Waals surface area contributed by atoms with Gasteiger partial charge in [0.05, 0.1) is 5.39 Å². The molecule has 1 fully saturated rings. The number of hydrogen-bond acceptors (Lipinski definition) is 6. The summed E-state index contributed by atoms with van der Waals surface area (Å²) in [5.74, 6) is -0.415. The SMILES string of the molecule is Fc1ccc(-c2ccnc3[nH]c(-c4n[nH]c5ncc(-c6cncc(CN7CCCCC7)c6)c(F)c45)nc23)cc1. The first-order chi connectivity index (χ1) is 19.1. The topological polar surface area (TPSA) is 99.3 Å². The van der Waals surface area contributed by atoms with Gasteiger partial charge in [0.2, 0.25) is 0 Å². The van der Waals surface area contributed by atoms with Crippen molar-refractivity contribution in [1.29, 1.82) is 0 Å². The molecule has 0 radical (unpaired) electrons. The molecular weight excluding hydrogens is 498 g/mol. The molecule has 1 saturated heterocycles. The van der Waals surface area contributed by atoms with Crippen LogP contribution in [0.2, 0.25) is 0 Å². The molecule has 1 aliphatic heterocycles. The fraction of sp³-hybridized carbons (Fsp3) is 0.207. The van der Waals surface area contributed by atoms with Gasteiger partial charge >= 0.3 is 0 Å². The summed E-state index contributed by atoms with van der Waals surface area (Å²) in [6.07, 6.45) is 10.3. The number of aromatic nitrogens is 7. The summed E-state index contributed by atoms with van der Waals surface area (Å²) in [7, 11) is 0. The van der Waals surface area contributed by atoms with E-state index in [0.717, 1.165) is 36.3 Å². The van der Waals surface area contributed by atoms with E-state index < -0.39 is 5.82 Å². The molecule has 0 aliphatic carbocycles. The maximum absolute atomic E-state index is 16.1. The first kappa shape index (κ1) is 23.5. The second-order valence-electron chi connectivity index (χ2n) is 9.85. The fourth-order valence-corrected chi connectivity index (χ4v) is 5.31. The zero-order valence-corrected chi connectivity index (χ0v) is 21.0. The smallest absolute Gasteiger partial charge is 0.161 e. The van der Waals surface area contributed by atoms with Crippen molar-refractivity contribution in [3.8, 4) is 33.8 Å². The van der Waals surface area contributed by atoms with Gasteiger partial charge in [-0.05, 0) is 61.3 Å². The van der Waals surface area contributed by atoms with E-state index in [1.807, 2.05) is 18.3 Å². The highest BCUT2D eigenvalue weighted by molar-refractivity contribution is 5.96. The van der Waals surface area contributed by atoms with E-state index in [-0.39, 0.29) is 11.2 Å². The zero-order valence-electron chi connectivity index (χ0n) is 21.0. The average molecular weight is 523 g/mol. The number of hydrogen-bond donors (Lipinski definition) is 2. The number of pyridine rings is 3. The second-order valence-corrected chi connectivity index (χ2v) is 9.85. The van der Waals surface area contributed by atoms with Crippen LogP contribution < -0.4 is 0 Å². The van der Waals surface area contributed by atoms with Crippen molar-refractivity contribution in [2.24, 2.45) is 0 Å². The highest BCUT2D eigenvalue weighted by Crippen LogP contribution is 2.34. The van der Waals surface area contributed by atoms with Crippen LogP contribution in [0.3, 0.4) is 0 Å². The van der Waals surface area contributed by atoms with Gasteiger partial charge in [0.25, 0.3) is 0 Å². The minimum Gasteiger partial charge on any atom is -0.321 e. The number of nitrogens with zero attached hydrogens (tertiary/aromatic N) is 6. The molecule has 0 saturated carbocycles. The minimum absolute atomic E-state index is 0.233. The van der Waals surface area contributed by atoms with Gasteiger partial charge in [0, 0.05) is 48.0 Å². The predicted molar refractivity (Wildman–Crippen MR) is 144 cm³/mol. The number of imidazole rings is 1. The molecule has 2 N–H and O–H groups in total. The lowest BCUT2D eigenvalue weighted by atomic mass is 10.0. The monoisotopic (exact) mass is 522 g/mol. The number of fused-ring (bicyclic) bond motifs is 2. The molecule has 7 rings (SSSR count). The Kier molecular flexibility index (Phi) is 5.81. The average Bonchev–Trinajstić information content (AvgIpc) is 3.59. The van der Waals surface area contributed by atoms with Crippen LogP contribution in [-0.2, 0) is 6.54 Å². The second kappa shape index (κ2) is 9.63. The van der Waals surface area contributed by atoms with E-state index in [1.165, 1.54) is 37.6 Å². The number of nitrogens with one attached hydrogen (secondary N) is 2. The van der Waals surface area contributed by atoms with Crippen LogP contribution in [0.5, 0.6) is 0 Å². The Bertz CT molecular complexity index is 1800.